The van der Waals surface area contributed by atoms with Crippen molar-refractivity contribution in [3.63, 3.8) is 0 Å². The zero-order chi connectivity index (χ0) is 36.9. The lowest BCUT2D eigenvalue weighted by Crippen LogP contribution is -2.60. The van der Waals surface area contributed by atoms with Crippen molar-refractivity contribution in [3.05, 3.63) is 52.2 Å². The van der Waals surface area contributed by atoms with Gasteiger partial charge in [0.15, 0.2) is 11.7 Å². The van der Waals surface area contributed by atoms with Crippen LogP contribution in [-0.2, 0) is 18.9 Å². The Hall–Kier alpha value is -3.51. The van der Waals surface area contributed by atoms with E-state index in [-0.39, 0.29) is 17.1 Å². The van der Waals surface area contributed by atoms with Gasteiger partial charge < -0.3 is 89.4 Å². The van der Waals surface area contributed by atoms with Crippen molar-refractivity contribution in [2.24, 2.45) is 0 Å². The molecule has 4 heterocycles. The maximum atomic E-state index is 13.4. The van der Waals surface area contributed by atoms with E-state index in [1.165, 1.54) is 24.3 Å². The molecule has 0 bridgehead atoms. The monoisotopic (exact) mass is 726 g/mol. The lowest BCUT2D eigenvalue weighted by Gasteiger charge is -2.45. The molecule has 6 rings (SSSR count). The SMILES string of the molecule is O=c1cc(-c2ccc(O[C@H]3O[C@@H](CO)[C@H](O)[C@@H](O)[C@@H]3O)cc2)oc2cc(O)c([C@@H]3O[C@H](CO)[C@@H](O)[C@H](O)[C@H]3O[C@@H]3OC[C@H](O)[C@H](O)[C@H]3O)c(O)c12. The van der Waals surface area contributed by atoms with Gasteiger partial charge in [-0.25, -0.2) is 0 Å². The number of phenols is 2. The van der Waals surface area contributed by atoms with Crippen molar-refractivity contribution in [1.29, 1.82) is 0 Å². The first-order valence-electron chi connectivity index (χ1n) is 15.8. The van der Waals surface area contributed by atoms with E-state index >= 15 is 0 Å². The van der Waals surface area contributed by atoms with Crippen molar-refractivity contribution >= 4 is 11.0 Å². The number of phenolic OH excluding ortho intramolecular Hbond substituents is 2. The third-order valence-electron chi connectivity index (χ3n) is 9.15. The van der Waals surface area contributed by atoms with Gasteiger partial charge in [0.05, 0.1) is 25.4 Å². The number of aromatic hydroxyl groups is 2. The first kappa shape index (κ1) is 37.3. The van der Waals surface area contributed by atoms with Gasteiger partial charge in [0.2, 0.25) is 6.29 Å². The number of rotatable bonds is 8. The molecular weight excluding hydrogens is 688 g/mol. The number of hydrogen-bond acceptors (Lipinski definition) is 19. The predicted octanol–water partition coefficient (Wildman–Crippen LogP) is -3.97. The second kappa shape index (κ2) is 14.8. The number of aliphatic hydroxyl groups is 10. The number of ether oxygens (including phenoxy) is 5. The fourth-order valence-electron chi connectivity index (χ4n) is 6.25. The predicted molar refractivity (Wildman–Crippen MR) is 165 cm³/mol. The molecule has 3 aromatic rings. The topological polar surface area (TPSA) is 319 Å². The number of hydrogen-bond donors (Lipinski definition) is 12. The Bertz CT molecular complexity index is 1730. The van der Waals surface area contributed by atoms with Gasteiger partial charge in [-0.05, 0) is 24.3 Å². The zero-order valence-corrected chi connectivity index (χ0v) is 26.4. The van der Waals surface area contributed by atoms with Crippen LogP contribution in [0, 0.1) is 0 Å². The molecule has 3 fully saturated rings. The number of benzene rings is 2. The summed E-state index contributed by atoms with van der Waals surface area (Å²) in [7, 11) is 0. The van der Waals surface area contributed by atoms with Crippen LogP contribution in [0.5, 0.6) is 17.2 Å². The second-order valence-electron chi connectivity index (χ2n) is 12.5. The van der Waals surface area contributed by atoms with Gasteiger partial charge in [-0.2, -0.15) is 0 Å². The van der Waals surface area contributed by atoms with Crippen molar-refractivity contribution in [2.75, 3.05) is 19.8 Å². The molecule has 280 valence electrons. The minimum absolute atomic E-state index is 0.0309. The highest BCUT2D eigenvalue weighted by molar-refractivity contribution is 5.88. The highest BCUT2D eigenvalue weighted by Crippen LogP contribution is 2.46. The number of fused-ring (bicyclic) bond motifs is 1. The van der Waals surface area contributed by atoms with Gasteiger partial charge in [0.25, 0.3) is 0 Å². The molecule has 2 aromatic carbocycles. The molecule has 14 atom stereocenters. The van der Waals surface area contributed by atoms with Crippen LogP contribution in [-0.4, -0.2) is 161 Å². The van der Waals surface area contributed by atoms with Crippen molar-refractivity contribution in [2.45, 2.75) is 85.8 Å². The van der Waals surface area contributed by atoms with Gasteiger partial charge in [0, 0.05) is 17.7 Å². The van der Waals surface area contributed by atoms with Crippen LogP contribution < -0.4 is 10.2 Å². The first-order valence-corrected chi connectivity index (χ1v) is 15.8. The maximum Gasteiger partial charge on any atom is 0.229 e. The van der Waals surface area contributed by atoms with Crippen LogP contribution in [0.15, 0.2) is 45.6 Å². The Morgan fingerprint density at radius 1 is 0.725 bits per heavy atom. The fourth-order valence-corrected chi connectivity index (χ4v) is 6.25. The summed E-state index contributed by atoms with van der Waals surface area (Å²) in [5, 5.41) is 123. The lowest BCUT2D eigenvalue weighted by molar-refractivity contribution is -0.325. The summed E-state index contributed by atoms with van der Waals surface area (Å²) in [6, 6.07) is 7.72. The molecule has 0 radical (unpaired) electrons. The van der Waals surface area contributed by atoms with Crippen molar-refractivity contribution in [1.82, 2.24) is 0 Å². The fraction of sp³-hybridized carbons (Fsp3) is 0.531. The van der Waals surface area contributed by atoms with E-state index in [2.05, 4.69) is 0 Å². The molecule has 0 saturated carbocycles. The maximum absolute atomic E-state index is 13.4. The third kappa shape index (κ3) is 6.90. The standard InChI is InChI=1S/C32H38O19/c33-7-17-23(40)26(43)30(51-31-27(44)21(38)14(37)9-46-31)29(49-17)20-13(36)6-16-19(24(20)41)12(35)5-15(48-16)10-1-3-11(4-2-10)47-32-28(45)25(42)22(39)18(8-34)50-32/h1-6,14,17-18,21-23,25-34,36-45H,7-9H2/t14-,17+,18-,21-,22-,23+,25+,26-,27+,28-,29-,30+,31-,32-/m0/s1. The molecule has 0 spiro atoms. The minimum atomic E-state index is -1.90. The molecule has 3 aliphatic rings. The molecule has 0 amide bonds. The van der Waals surface area contributed by atoms with Gasteiger partial charge in [0.1, 0.15) is 107 Å². The molecular formula is C32H38O19. The number of aliphatic hydroxyl groups excluding tert-OH is 10. The quantitative estimate of drug-likeness (QED) is 0.105. The summed E-state index contributed by atoms with van der Waals surface area (Å²) in [4.78, 5) is 13.4. The summed E-state index contributed by atoms with van der Waals surface area (Å²) in [5.74, 6) is -1.51. The summed E-state index contributed by atoms with van der Waals surface area (Å²) in [6.45, 7) is -1.96. The normalized spacial score (nSPS) is 37.4. The average molecular weight is 727 g/mol. The van der Waals surface area contributed by atoms with Crippen molar-refractivity contribution in [3.8, 4) is 28.6 Å². The van der Waals surface area contributed by atoms with Crippen LogP contribution in [0.25, 0.3) is 22.3 Å². The largest absolute Gasteiger partial charge is 0.507 e. The summed E-state index contributed by atoms with van der Waals surface area (Å²) in [6.07, 6.45) is -22.9. The van der Waals surface area contributed by atoms with Crippen molar-refractivity contribution < 1.29 is 89.4 Å². The Morgan fingerprint density at radius 3 is 2.02 bits per heavy atom. The summed E-state index contributed by atoms with van der Waals surface area (Å²) in [5.41, 5.74) is -1.31. The molecule has 3 aliphatic heterocycles. The van der Waals surface area contributed by atoms with E-state index in [1.807, 2.05) is 0 Å². The van der Waals surface area contributed by atoms with Crippen LogP contribution in [0.4, 0.5) is 0 Å². The molecule has 19 nitrogen and oxygen atoms in total. The van der Waals surface area contributed by atoms with E-state index in [0.29, 0.717) is 5.56 Å². The smallest absolute Gasteiger partial charge is 0.229 e. The lowest BCUT2D eigenvalue weighted by atomic mass is 9.89. The Morgan fingerprint density at radius 2 is 1.35 bits per heavy atom. The van der Waals surface area contributed by atoms with E-state index in [0.717, 1.165) is 12.1 Å². The Kier molecular flexibility index (Phi) is 10.8. The van der Waals surface area contributed by atoms with Crippen LogP contribution >= 0.6 is 0 Å². The van der Waals surface area contributed by atoms with Gasteiger partial charge in [-0.1, -0.05) is 0 Å². The molecule has 19 heteroatoms. The van der Waals surface area contributed by atoms with E-state index in [1.54, 1.807) is 0 Å². The third-order valence-corrected chi connectivity index (χ3v) is 9.15. The molecule has 51 heavy (non-hydrogen) atoms. The zero-order valence-electron chi connectivity index (χ0n) is 26.4. The second-order valence-corrected chi connectivity index (χ2v) is 12.5. The molecule has 0 aliphatic carbocycles. The van der Waals surface area contributed by atoms with Gasteiger partial charge in [-0.3, -0.25) is 4.79 Å². The average Bonchev–Trinajstić information content (AvgIpc) is 3.11. The minimum Gasteiger partial charge on any atom is -0.507 e. The molecule has 3 saturated heterocycles. The molecule has 0 unspecified atom stereocenters. The molecule has 12 N–H and O–H groups in total. The highest BCUT2D eigenvalue weighted by atomic mass is 16.7. The van der Waals surface area contributed by atoms with Crippen LogP contribution in [0.1, 0.15) is 11.7 Å². The van der Waals surface area contributed by atoms with E-state index in [4.69, 9.17) is 28.1 Å². The molecule has 1 aromatic heterocycles. The van der Waals surface area contributed by atoms with Crippen LogP contribution in [0.3, 0.4) is 0 Å². The van der Waals surface area contributed by atoms with Gasteiger partial charge >= 0.3 is 0 Å². The van der Waals surface area contributed by atoms with E-state index < -0.39 is 134 Å². The summed E-state index contributed by atoms with van der Waals surface area (Å²) >= 11 is 0. The Balaban J connectivity index is 1.29. The van der Waals surface area contributed by atoms with Crippen LogP contribution in [0.2, 0.25) is 0 Å². The highest BCUT2D eigenvalue weighted by Gasteiger charge is 2.51. The van der Waals surface area contributed by atoms with Gasteiger partial charge in [-0.15, -0.1) is 0 Å². The Labute approximate surface area is 286 Å². The summed E-state index contributed by atoms with van der Waals surface area (Å²) < 4.78 is 33.4. The first-order chi connectivity index (χ1) is 24.2. The van der Waals surface area contributed by atoms with E-state index in [9.17, 15) is 66.1 Å².